The van der Waals surface area contributed by atoms with Crippen LogP contribution in [-0.4, -0.2) is 38.3 Å². The molecule has 3 aromatic heterocycles. The van der Waals surface area contributed by atoms with Crippen molar-refractivity contribution >= 4 is 56.9 Å². The van der Waals surface area contributed by atoms with Gasteiger partial charge in [-0.2, -0.15) is 0 Å². The first-order valence-corrected chi connectivity index (χ1v) is 11.2. The Labute approximate surface area is 180 Å². The maximum absolute atomic E-state index is 12.5. The lowest BCUT2D eigenvalue weighted by molar-refractivity contribution is 0.102. The summed E-state index contributed by atoms with van der Waals surface area (Å²) in [4.78, 5) is 28.6. The number of halogens is 2. The van der Waals surface area contributed by atoms with E-state index in [1.54, 1.807) is 0 Å². The Morgan fingerprint density at radius 2 is 2.21 bits per heavy atom. The van der Waals surface area contributed by atoms with Gasteiger partial charge in [0, 0.05) is 28.4 Å². The lowest BCUT2D eigenvalue weighted by Crippen LogP contribution is -2.25. The van der Waals surface area contributed by atoms with Crippen molar-refractivity contribution in [2.75, 3.05) is 11.9 Å². The van der Waals surface area contributed by atoms with Crippen LogP contribution in [0.1, 0.15) is 35.1 Å². The molecule has 1 atom stereocenters. The Bertz CT molecular complexity index is 988. The fourth-order valence-electron chi connectivity index (χ4n) is 3.17. The van der Waals surface area contributed by atoms with Gasteiger partial charge in [0.25, 0.3) is 5.91 Å². The highest BCUT2D eigenvalue weighted by Gasteiger charge is 2.24. The van der Waals surface area contributed by atoms with Gasteiger partial charge >= 0.3 is 0 Å². The Morgan fingerprint density at radius 1 is 1.36 bits per heavy atom. The summed E-state index contributed by atoms with van der Waals surface area (Å²) in [5.74, 6) is -0.367. The molecule has 3 aromatic rings. The minimum Gasteiger partial charge on any atom is -0.296 e. The molecule has 10 heteroatoms. The van der Waals surface area contributed by atoms with Gasteiger partial charge in [-0.15, -0.1) is 11.3 Å². The topological polar surface area (TPSA) is 71.0 Å². The second-order valence-electron chi connectivity index (χ2n) is 6.57. The van der Waals surface area contributed by atoms with Crippen molar-refractivity contribution in [3.05, 3.63) is 43.9 Å². The molecule has 0 unspecified atom stereocenters. The van der Waals surface area contributed by atoms with E-state index in [2.05, 4.69) is 32.1 Å². The van der Waals surface area contributed by atoms with E-state index in [-0.39, 0.29) is 16.8 Å². The third kappa shape index (κ3) is 4.36. The van der Waals surface area contributed by atoms with Gasteiger partial charge in [-0.1, -0.05) is 34.5 Å². The van der Waals surface area contributed by atoms with Crippen molar-refractivity contribution in [3.8, 4) is 11.3 Å². The molecule has 6 nitrogen and oxygen atoms in total. The van der Waals surface area contributed by atoms with Crippen LogP contribution in [0.15, 0.2) is 23.8 Å². The van der Waals surface area contributed by atoms with E-state index in [1.807, 2.05) is 11.4 Å². The summed E-state index contributed by atoms with van der Waals surface area (Å²) in [6.45, 7) is 4.13. The second kappa shape index (κ2) is 8.42. The van der Waals surface area contributed by atoms with Crippen LogP contribution >= 0.6 is 45.9 Å². The van der Waals surface area contributed by atoms with Crippen LogP contribution in [0.4, 0.5) is 5.13 Å². The van der Waals surface area contributed by atoms with Gasteiger partial charge in [-0.3, -0.25) is 15.0 Å². The Hall–Kier alpha value is -1.58. The third-order valence-electron chi connectivity index (χ3n) is 4.65. The third-order valence-corrected chi connectivity index (χ3v) is 6.89. The highest BCUT2D eigenvalue weighted by atomic mass is 35.5. The Kier molecular flexibility index (Phi) is 5.93. The van der Waals surface area contributed by atoms with Crippen molar-refractivity contribution in [1.29, 1.82) is 0 Å². The van der Waals surface area contributed by atoms with Gasteiger partial charge < -0.3 is 0 Å². The van der Waals surface area contributed by atoms with Crippen molar-refractivity contribution < 1.29 is 4.79 Å². The molecule has 146 valence electrons. The molecule has 0 spiro atoms. The number of thiazole rings is 1. The zero-order valence-electron chi connectivity index (χ0n) is 15.0. The summed E-state index contributed by atoms with van der Waals surface area (Å²) in [6.07, 6.45) is 5.10. The average molecular weight is 454 g/mol. The molecule has 0 aliphatic carbocycles. The number of hydrogen-bond donors (Lipinski definition) is 1. The van der Waals surface area contributed by atoms with Crippen molar-refractivity contribution in [1.82, 2.24) is 19.9 Å². The summed E-state index contributed by atoms with van der Waals surface area (Å²) >= 11 is 14.8. The molecule has 0 bridgehead atoms. The van der Waals surface area contributed by atoms with Gasteiger partial charge in [-0.05, 0) is 32.4 Å². The number of amides is 1. The largest absolute Gasteiger partial charge is 0.296 e. The Morgan fingerprint density at radius 3 is 2.86 bits per heavy atom. The van der Waals surface area contributed by atoms with Gasteiger partial charge in [-0.25, -0.2) is 15.0 Å². The zero-order chi connectivity index (χ0) is 19.7. The number of carbonyl (C=O) groups excluding carboxylic acids is 1. The summed E-state index contributed by atoms with van der Waals surface area (Å²) in [5, 5.41) is 5.59. The summed E-state index contributed by atoms with van der Waals surface area (Å²) < 4.78 is 0.713. The van der Waals surface area contributed by atoms with Crippen LogP contribution in [0.5, 0.6) is 0 Å². The van der Waals surface area contributed by atoms with Gasteiger partial charge in [0.15, 0.2) is 5.13 Å². The molecular weight excluding hydrogens is 437 g/mol. The normalized spacial score (nSPS) is 17.2. The fourth-order valence-corrected chi connectivity index (χ4v) is 5.14. The van der Waals surface area contributed by atoms with E-state index in [0.717, 1.165) is 29.2 Å². The standard InChI is InChI=1S/C18H17Cl2N5OS2/c1-10-3-2-4-25(10)8-13-16(11-5-15(20)27-9-11)23-18(28-13)24-17(26)12-6-22-14(19)7-21-12/h5-7,9-10H,2-4,8H2,1H3,(H,23,24,26)/t10-/m1/s1. The van der Waals surface area contributed by atoms with E-state index in [4.69, 9.17) is 23.2 Å². The van der Waals surface area contributed by atoms with Crippen molar-refractivity contribution in [2.24, 2.45) is 0 Å². The molecule has 1 N–H and O–H groups in total. The van der Waals surface area contributed by atoms with E-state index < -0.39 is 0 Å². The molecule has 0 saturated carbocycles. The molecular formula is C18H17Cl2N5OS2. The van der Waals surface area contributed by atoms with Crippen LogP contribution in [-0.2, 0) is 6.54 Å². The monoisotopic (exact) mass is 453 g/mol. The van der Waals surface area contributed by atoms with Gasteiger partial charge in [0.1, 0.15) is 10.8 Å². The summed E-state index contributed by atoms with van der Waals surface area (Å²) in [7, 11) is 0. The molecule has 1 aliphatic rings. The van der Waals surface area contributed by atoms with Gasteiger partial charge in [0.2, 0.25) is 0 Å². The minimum atomic E-state index is -0.367. The predicted molar refractivity (Wildman–Crippen MR) is 115 cm³/mol. The highest BCUT2D eigenvalue weighted by molar-refractivity contribution is 7.16. The minimum absolute atomic E-state index is 0.189. The number of anilines is 1. The van der Waals surface area contributed by atoms with Crippen LogP contribution in [0.3, 0.4) is 0 Å². The average Bonchev–Trinajstić information content (AvgIpc) is 3.37. The van der Waals surface area contributed by atoms with E-state index >= 15 is 0 Å². The molecule has 0 radical (unpaired) electrons. The second-order valence-corrected chi connectivity index (χ2v) is 9.58. The maximum Gasteiger partial charge on any atom is 0.277 e. The molecule has 4 heterocycles. The smallest absolute Gasteiger partial charge is 0.277 e. The number of likely N-dealkylation sites (tertiary alicyclic amines) is 1. The first-order chi connectivity index (χ1) is 13.5. The summed E-state index contributed by atoms with van der Waals surface area (Å²) in [6, 6.07) is 2.46. The number of rotatable bonds is 5. The highest BCUT2D eigenvalue weighted by Crippen LogP contribution is 2.37. The molecule has 1 amide bonds. The zero-order valence-corrected chi connectivity index (χ0v) is 18.1. The maximum atomic E-state index is 12.5. The molecule has 1 aliphatic heterocycles. The van der Waals surface area contributed by atoms with Crippen LogP contribution in [0.2, 0.25) is 9.49 Å². The molecule has 4 rings (SSSR count). The quantitative estimate of drug-likeness (QED) is 0.574. The molecule has 28 heavy (non-hydrogen) atoms. The number of carbonyl (C=O) groups is 1. The number of nitrogens with zero attached hydrogens (tertiary/aromatic N) is 4. The molecule has 1 fully saturated rings. The fraction of sp³-hybridized carbons (Fsp3) is 0.333. The van der Waals surface area contributed by atoms with E-state index in [1.165, 1.54) is 47.9 Å². The SMILES string of the molecule is C[C@@H]1CCCN1Cc1sc(NC(=O)c2cnc(Cl)cn2)nc1-c1csc(Cl)c1. The lowest BCUT2D eigenvalue weighted by Gasteiger charge is -2.20. The van der Waals surface area contributed by atoms with Crippen LogP contribution in [0, 0.1) is 0 Å². The first-order valence-electron chi connectivity index (χ1n) is 8.76. The Balaban J connectivity index is 1.60. The molecule has 1 saturated heterocycles. The predicted octanol–water partition coefficient (Wildman–Crippen LogP) is 5.21. The summed E-state index contributed by atoms with van der Waals surface area (Å²) in [5.41, 5.74) is 2.03. The van der Waals surface area contributed by atoms with Crippen molar-refractivity contribution in [2.45, 2.75) is 32.4 Å². The van der Waals surface area contributed by atoms with Crippen LogP contribution < -0.4 is 5.32 Å². The van der Waals surface area contributed by atoms with E-state index in [9.17, 15) is 4.79 Å². The van der Waals surface area contributed by atoms with Crippen LogP contribution in [0.25, 0.3) is 11.3 Å². The number of thiophene rings is 1. The lowest BCUT2D eigenvalue weighted by atomic mass is 10.2. The number of hydrogen-bond acceptors (Lipinski definition) is 7. The van der Waals surface area contributed by atoms with Crippen molar-refractivity contribution in [3.63, 3.8) is 0 Å². The van der Waals surface area contributed by atoms with Gasteiger partial charge in [0.05, 0.1) is 22.4 Å². The first kappa shape index (κ1) is 19.7. The number of aromatic nitrogens is 3. The van der Waals surface area contributed by atoms with E-state index in [0.29, 0.717) is 15.5 Å². The molecule has 0 aromatic carbocycles. The number of nitrogens with one attached hydrogen (secondary N) is 1.